The lowest BCUT2D eigenvalue weighted by Gasteiger charge is -2.42. The Labute approximate surface area is 209 Å². The number of ether oxygens (including phenoxy) is 4. The molecule has 2 aliphatic heterocycles. The molecule has 0 aromatic carbocycles. The maximum atomic E-state index is 11.4. The number of aliphatic hydroxyl groups is 2. The maximum absolute atomic E-state index is 11.4. The molecule has 2 saturated heterocycles. The van der Waals surface area contributed by atoms with Gasteiger partial charge in [0.15, 0.2) is 18.7 Å². The van der Waals surface area contributed by atoms with Crippen LogP contribution in [0.5, 0.6) is 0 Å². The molecular weight excluding hydrogens is 448 g/mol. The summed E-state index contributed by atoms with van der Waals surface area (Å²) in [4.78, 5) is 11.4. The van der Waals surface area contributed by atoms with Crippen LogP contribution in [0.3, 0.4) is 0 Å². The highest BCUT2D eigenvalue weighted by atomic mass is 16.8. The lowest BCUT2D eigenvalue weighted by Crippen LogP contribution is -2.59. The molecule has 2 heterocycles. The Morgan fingerprint density at radius 1 is 1.14 bits per heavy atom. The van der Waals surface area contributed by atoms with Crippen molar-refractivity contribution in [1.29, 1.82) is 0 Å². The van der Waals surface area contributed by atoms with E-state index in [2.05, 4.69) is 39.8 Å². The Morgan fingerprint density at radius 3 is 2.63 bits per heavy atom. The summed E-state index contributed by atoms with van der Waals surface area (Å²) in [6.45, 7) is 10.5. The van der Waals surface area contributed by atoms with Crippen molar-refractivity contribution in [1.82, 2.24) is 0 Å². The first-order valence-corrected chi connectivity index (χ1v) is 13.5. The average Bonchev–Trinajstić information content (AvgIpc) is 3.02. The third kappa shape index (κ3) is 6.02. The van der Waals surface area contributed by atoms with Gasteiger partial charge in [-0.1, -0.05) is 50.0 Å². The number of aliphatic hydroxyl groups excluding tert-OH is 2. The van der Waals surface area contributed by atoms with E-state index in [0.717, 1.165) is 19.3 Å². The van der Waals surface area contributed by atoms with Crippen LogP contribution in [0.4, 0.5) is 0 Å². The van der Waals surface area contributed by atoms with Gasteiger partial charge in [-0.15, -0.1) is 0 Å². The van der Waals surface area contributed by atoms with Crippen molar-refractivity contribution in [2.24, 2.45) is 29.6 Å². The van der Waals surface area contributed by atoms with E-state index < -0.39 is 43.0 Å². The second-order valence-corrected chi connectivity index (χ2v) is 11.4. The van der Waals surface area contributed by atoms with Crippen LogP contribution >= 0.6 is 0 Å². The summed E-state index contributed by atoms with van der Waals surface area (Å²) in [5.41, 5.74) is 3.12. The van der Waals surface area contributed by atoms with E-state index in [1.54, 1.807) is 11.1 Å². The second-order valence-electron chi connectivity index (χ2n) is 11.4. The van der Waals surface area contributed by atoms with E-state index in [0.29, 0.717) is 23.7 Å². The molecule has 2 N–H and O–H groups in total. The lowest BCUT2D eigenvalue weighted by molar-refractivity contribution is -0.306. The Balaban J connectivity index is 1.30. The van der Waals surface area contributed by atoms with Crippen molar-refractivity contribution in [2.45, 2.75) is 110 Å². The number of fused-ring (bicyclic) bond motifs is 3. The molecule has 7 nitrogen and oxygen atoms in total. The summed E-state index contributed by atoms with van der Waals surface area (Å²) in [6.07, 6.45) is 6.08. The molecule has 0 saturated carbocycles. The third-order valence-electron chi connectivity index (χ3n) is 8.73. The molecule has 0 amide bonds. The first kappa shape index (κ1) is 26.8. The molecule has 0 aromatic rings. The van der Waals surface area contributed by atoms with Gasteiger partial charge in [-0.2, -0.15) is 0 Å². The Bertz CT molecular complexity index is 807. The molecule has 0 spiro atoms. The molecule has 2 fully saturated rings. The number of carbonyl (C=O) groups excluding carboxylic acids is 1. The molecule has 198 valence electrons. The zero-order valence-electron chi connectivity index (χ0n) is 21.9. The van der Waals surface area contributed by atoms with Gasteiger partial charge in [0.05, 0.1) is 6.61 Å². The van der Waals surface area contributed by atoms with Crippen molar-refractivity contribution in [2.75, 3.05) is 6.61 Å². The first-order valence-electron chi connectivity index (χ1n) is 13.5. The highest BCUT2D eigenvalue weighted by Gasteiger charge is 2.50. The zero-order valence-corrected chi connectivity index (χ0v) is 21.9. The fourth-order valence-electron chi connectivity index (χ4n) is 6.55. The van der Waals surface area contributed by atoms with Gasteiger partial charge in [0.25, 0.3) is 0 Å². The molecule has 0 unspecified atom stereocenters. The van der Waals surface area contributed by atoms with Crippen LogP contribution in [0.2, 0.25) is 0 Å². The number of hydrogen-bond donors (Lipinski definition) is 2. The minimum absolute atomic E-state index is 0.0970. The summed E-state index contributed by atoms with van der Waals surface area (Å²) >= 11 is 0. The van der Waals surface area contributed by atoms with E-state index >= 15 is 0 Å². The maximum Gasteiger partial charge on any atom is 0.303 e. The van der Waals surface area contributed by atoms with Crippen molar-refractivity contribution in [3.8, 4) is 0 Å². The van der Waals surface area contributed by atoms with Gasteiger partial charge in [0.2, 0.25) is 0 Å². The van der Waals surface area contributed by atoms with Gasteiger partial charge >= 0.3 is 5.97 Å². The van der Waals surface area contributed by atoms with E-state index in [-0.39, 0.29) is 12.5 Å². The van der Waals surface area contributed by atoms with E-state index in [4.69, 9.17) is 18.9 Å². The molecule has 7 heteroatoms. The summed E-state index contributed by atoms with van der Waals surface area (Å²) in [6, 6.07) is 0. The monoisotopic (exact) mass is 492 g/mol. The smallest absolute Gasteiger partial charge is 0.303 e. The van der Waals surface area contributed by atoms with E-state index in [1.165, 1.54) is 26.2 Å². The molecule has 2 bridgehead atoms. The van der Waals surface area contributed by atoms with Gasteiger partial charge in [0.1, 0.15) is 18.3 Å². The molecule has 2 aliphatic carbocycles. The number of hydrogen-bond acceptors (Lipinski definition) is 7. The van der Waals surface area contributed by atoms with Crippen LogP contribution in [0.1, 0.15) is 73.1 Å². The van der Waals surface area contributed by atoms with Gasteiger partial charge in [-0.05, 0) is 63.2 Å². The zero-order chi connectivity index (χ0) is 25.3. The minimum Gasteiger partial charge on any atom is -0.457 e. The molecule has 4 rings (SSSR count). The topological polar surface area (TPSA) is 94.5 Å². The highest BCUT2D eigenvalue weighted by molar-refractivity contribution is 5.66. The summed E-state index contributed by atoms with van der Waals surface area (Å²) < 4.78 is 22.8. The quantitative estimate of drug-likeness (QED) is 0.408. The van der Waals surface area contributed by atoms with Gasteiger partial charge in [-0.3, -0.25) is 4.79 Å². The highest BCUT2D eigenvalue weighted by Crippen LogP contribution is 2.46. The average molecular weight is 493 g/mol. The van der Waals surface area contributed by atoms with Crippen LogP contribution < -0.4 is 0 Å². The standard InChI is InChI=1S/C28H44O7/c1-15-9-11-20-17(3)10-12-21(22(20)13-15)16(2)7-6-8-18(4)27-32-14-23-24(30)26(33-19(5)29)25(31)28(34-23)35-27/h10,13,16,18,20-28,30-31H,6-9,11-12,14H2,1-5H3/t16-,18+,20+,21-,22+,23+,24+,25+,26-,27-,28-/m0/s1. The minimum atomic E-state index is -1.27. The second kappa shape index (κ2) is 11.4. The molecule has 11 atom stereocenters. The van der Waals surface area contributed by atoms with E-state index in [1.807, 2.05) is 0 Å². The van der Waals surface area contributed by atoms with Gasteiger partial charge < -0.3 is 29.2 Å². The molecule has 0 aromatic heterocycles. The third-order valence-corrected chi connectivity index (χ3v) is 8.73. The lowest BCUT2D eigenvalue weighted by atomic mass is 9.63. The Hall–Kier alpha value is -1.25. The van der Waals surface area contributed by atoms with Crippen LogP contribution in [0.15, 0.2) is 23.3 Å². The van der Waals surface area contributed by atoms with Crippen molar-refractivity contribution in [3.63, 3.8) is 0 Å². The molecule has 0 radical (unpaired) electrons. The Kier molecular flexibility index (Phi) is 8.75. The SMILES string of the molecule is CC(=O)O[C@@H]1[C@@H](O)[C@@H]2O[C@@H]([C@H](C)CCC[C@H](C)[C@@H]3CC=C(C)[C@H]4CCC(C)=C[C@@H]34)OC[C@@H](O2)[C@H]1O. The summed E-state index contributed by atoms with van der Waals surface area (Å²) in [5, 5.41) is 21.1. The largest absolute Gasteiger partial charge is 0.457 e. The van der Waals surface area contributed by atoms with Crippen LogP contribution in [0, 0.1) is 29.6 Å². The first-order chi connectivity index (χ1) is 16.7. The van der Waals surface area contributed by atoms with Gasteiger partial charge in [-0.25, -0.2) is 0 Å². The fraction of sp³-hybridized carbons (Fsp3) is 0.821. The summed E-state index contributed by atoms with van der Waals surface area (Å²) in [5.74, 6) is 2.25. The van der Waals surface area contributed by atoms with Crippen molar-refractivity contribution < 1.29 is 34.0 Å². The van der Waals surface area contributed by atoms with E-state index in [9.17, 15) is 15.0 Å². The fourth-order valence-corrected chi connectivity index (χ4v) is 6.55. The van der Waals surface area contributed by atoms with Gasteiger partial charge in [0, 0.05) is 12.8 Å². The van der Waals surface area contributed by atoms with Crippen molar-refractivity contribution in [3.05, 3.63) is 23.3 Å². The van der Waals surface area contributed by atoms with Crippen molar-refractivity contribution >= 4 is 5.97 Å². The Morgan fingerprint density at radius 2 is 1.89 bits per heavy atom. The molecule has 35 heavy (non-hydrogen) atoms. The normalized spacial score (nSPS) is 41.1. The molecule has 4 aliphatic rings. The number of allylic oxidation sites excluding steroid dienone is 4. The predicted octanol–water partition coefficient (Wildman–Crippen LogP) is 4.12. The number of carbonyl (C=O) groups is 1. The van der Waals surface area contributed by atoms with Crippen LogP contribution in [0.25, 0.3) is 0 Å². The predicted molar refractivity (Wildman–Crippen MR) is 131 cm³/mol. The summed E-state index contributed by atoms with van der Waals surface area (Å²) in [7, 11) is 0. The van der Waals surface area contributed by atoms with Crippen LogP contribution in [-0.2, 0) is 23.7 Å². The number of esters is 1. The molecular formula is C28H44O7. The van der Waals surface area contributed by atoms with Crippen LogP contribution in [-0.4, -0.2) is 59.8 Å². The number of rotatable bonds is 7.